The number of fused-ring (bicyclic) bond motifs is 1. The molecule has 0 spiro atoms. The van der Waals surface area contributed by atoms with Gasteiger partial charge in [0.15, 0.2) is 0 Å². The van der Waals surface area contributed by atoms with Gasteiger partial charge in [0, 0.05) is 42.4 Å². The van der Waals surface area contributed by atoms with E-state index in [0.717, 1.165) is 54.2 Å². The van der Waals surface area contributed by atoms with E-state index in [1.807, 2.05) is 28.8 Å². The SMILES string of the molecule is N#Cc1cncc(-c2ccc3nc(N)n(-c4ccc(N5CCOCC5)cc4)c3c2)c1. The molecule has 5 rings (SSSR count). The van der Waals surface area contributed by atoms with E-state index >= 15 is 0 Å². The highest BCUT2D eigenvalue weighted by atomic mass is 16.5. The Kier molecular flexibility index (Phi) is 4.54. The van der Waals surface area contributed by atoms with Crippen LogP contribution in [-0.4, -0.2) is 40.8 Å². The Bertz CT molecular complexity index is 1250. The number of ether oxygens (including phenoxy) is 1. The number of hydrogen-bond acceptors (Lipinski definition) is 6. The molecule has 4 aromatic rings. The Labute approximate surface area is 174 Å². The van der Waals surface area contributed by atoms with E-state index < -0.39 is 0 Å². The molecule has 7 nitrogen and oxygen atoms in total. The Morgan fingerprint density at radius 3 is 2.47 bits per heavy atom. The minimum absolute atomic E-state index is 0.435. The van der Waals surface area contributed by atoms with Crippen LogP contribution in [0.4, 0.5) is 11.6 Å². The van der Waals surface area contributed by atoms with Crippen molar-refractivity contribution in [3.8, 4) is 22.9 Å². The molecule has 0 saturated carbocycles. The maximum absolute atomic E-state index is 9.16. The molecule has 2 aromatic carbocycles. The minimum atomic E-state index is 0.435. The zero-order valence-corrected chi connectivity index (χ0v) is 16.3. The fraction of sp³-hybridized carbons (Fsp3) is 0.174. The number of nitrogens with zero attached hydrogens (tertiary/aromatic N) is 5. The Balaban J connectivity index is 1.55. The maximum Gasteiger partial charge on any atom is 0.205 e. The van der Waals surface area contributed by atoms with Crippen LogP contribution in [0, 0.1) is 11.3 Å². The van der Waals surface area contributed by atoms with E-state index in [4.69, 9.17) is 15.7 Å². The molecule has 148 valence electrons. The van der Waals surface area contributed by atoms with Crippen LogP contribution >= 0.6 is 0 Å². The van der Waals surface area contributed by atoms with E-state index in [-0.39, 0.29) is 0 Å². The summed E-state index contributed by atoms with van der Waals surface area (Å²) in [4.78, 5) is 11.0. The first-order valence-electron chi connectivity index (χ1n) is 9.79. The zero-order chi connectivity index (χ0) is 20.5. The minimum Gasteiger partial charge on any atom is -0.378 e. The van der Waals surface area contributed by atoms with Crippen molar-refractivity contribution in [1.82, 2.24) is 14.5 Å². The van der Waals surface area contributed by atoms with Gasteiger partial charge in [-0.2, -0.15) is 5.26 Å². The van der Waals surface area contributed by atoms with E-state index in [9.17, 15) is 0 Å². The number of rotatable bonds is 3. The average molecular weight is 396 g/mol. The van der Waals surface area contributed by atoms with Gasteiger partial charge in [-0.15, -0.1) is 0 Å². The quantitative estimate of drug-likeness (QED) is 0.571. The summed E-state index contributed by atoms with van der Waals surface area (Å²) >= 11 is 0. The standard InChI is InChI=1S/C23H20N6O/c24-13-16-11-18(15-26-14-16)17-1-6-21-22(12-17)29(23(25)27-21)20-4-2-19(3-5-20)28-7-9-30-10-8-28/h1-6,11-12,14-15H,7-10H2,(H2,25,27). The third kappa shape index (κ3) is 3.23. The number of anilines is 2. The lowest BCUT2D eigenvalue weighted by Gasteiger charge is -2.29. The van der Waals surface area contributed by atoms with Gasteiger partial charge in [0.05, 0.1) is 29.8 Å². The monoisotopic (exact) mass is 396 g/mol. The third-order valence-electron chi connectivity index (χ3n) is 5.37. The molecule has 0 bridgehead atoms. The summed E-state index contributed by atoms with van der Waals surface area (Å²) in [6, 6.07) is 18.3. The molecular weight excluding hydrogens is 376 g/mol. The number of nitrogens with two attached hydrogens (primary N) is 1. The van der Waals surface area contributed by atoms with Crippen LogP contribution in [0.15, 0.2) is 60.9 Å². The van der Waals surface area contributed by atoms with Gasteiger partial charge in [0.1, 0.15) is 6.07 Å². The second-order valence-corrected chi connectivity index (χ2v) is 7.20. The third-order valence-corrected chi connectivity index (χ3v) is 5.37. The summed E-state index contributed by atoms with van der Waals surface area (Å²) in [6.07, 6.45) is 3.31. The van der Waals surface area contributed by atoms with Gasteiger partial charge in [0.25, 0.3) is 0 Å². The van der Waals surface area contributed by atoms with E-state index in [2.05, 4.69) is 45.2 Å². The normalized spacial score (nSPS) is 14.0. The van der Waals surface area contributed by atoms with Crippen molar-refractivity contribution in [2.24, 2.45) is 0 Å². The molecule has 0 aliphatic carbocycles. The molecule has 1 aliphatic heterocycles. The summed E-state index contributed by atoms with van der Waals surface area (Å²) in [5, 5.41) is 9.16. The van der Waals surface area contributed by atoms with Gasteiger partial charge in [-0.3, -0.25) is 9.55 Å². The van der Waals surface area contributed by atoms with Crippen LogP contribution in [0.1, 0.15) is 5.56 Å². The number of nitrogen functional groups attached to an aromatic ring is 1. The first-order valence-corrected chi connectivity index (χ1v) is 9.79. The van der Waals surface area contributed by atoms with Gasteiger partial charge in [-0.25, -0.2) is 4.98 Å². The van der Waals surface area contributed by atoms with Crippen molar-refractivity contribution < 1.29 is 4.74 Å². The maximum atomic E-state index is 9.16. The van der Waals surface area contributed by atoms with Crippen molar-refractivity contribution in [1.29, 1.82) is 5.26 Å². The fourth-order valence-corrected chi connectivity index (χ4v) is 3.84. The van der Waals surface area contributed by atoms with Crippen LogP contribution in [0.3, 0.4) is 0 Å². The van der Waals surface area contributed by atoms with Crippen molar-refractivity contribution in [3.05, 3.63) is 66.5 Å². The van der Waals surface area contributed by atoms with Crippen LogP contribution in [0.25, 0.3) is 27.8 Å². The van der Waals surface area contributed by atoms with Gasteiger partial charge < -0.3 is 15.4 Å². The smallest absolute Gasteiger partial charge is 0.205 e. The largest absolute Gasteiger partial charge is 0.378 e. The highest BCUT2D eigenvalue weighted by Gasteiger charge is 2.14. The number of hydrogen-bond donors (Lipinski definition) is 1. The van der Waals surface area contributed by atoms with Crippen LogP contribution in [0.2, 0.25) is 0 Å². The molecule has 0 radical (unpaired) electrons. The zero-order valence-electron chi connectivity index (χ0n) is 16.3. The van der Waals surface area contributed by atoms with Gasteiger partial charge in [-0.1, -0.05) is 6.07 Å². The summed E-state index contributed by atoms with van der Waals surface area (Å²) in [7, 11) is 0. The van der Waals surface area contributed by atoms with Crippen molar-refractivity contribution in [2.75, 3.05) is 36.9 Å². The second-order valence-electron chi connectivity index (χ2n) is 7.20. The van der Waals surface area contributed by atoms with E-state index in [1.54, 1.807) is 12.4 Å². The first-order chi connectivity index (χ1) is 14.7. The van der Waals surface area contributed by atoms with Gasteiger partial charge in [0.2, 0.25) is 5.95 Å². The number of pyridine rings is 1. The summed E-state index contributed by atoms with van der Waals surface area (Å²) in [5.41, 5.74) is 12.5. The Morgan fingerprint density at radius 2 is 1.70 bits per heavy atom. The average Bonchev–Trinajstić information content (AvgIpc) is 3.14. The molecule has 0 amide bonds. The fourth-order valence-electron chi connectivity index (χ4n) is 3.84. The first kappa shape index (κ1) is 18.2. The number of morpholine rings is 1. The van der Waals surface area contributed by atoms with Crippen molar-refractivity contribution in [3.63, 3.8) is 0 Å². The molecule has 30 heavy (non-hydrogen) atoms. The molecule has 0 atom stereocenters. The van der Waals surface area contributed by atoms with Crippen molar-refractivity contribution >= 4 is 22.7 Å². The lowest BCUT2D eigenvalue weighted by atomic mass is 10.1. The molecule has 1 aliphatic rings. The van der Waals surface area contributed by atoms with E-state index in [1.165, 1.54) is 5.69 Å². The number of benzene rings is 2. The highest BCUT2D eigenvalue weighted by molar-refractivity contribution is 5.86. The molecule has 3 heterocycles. The van der Waals surface area contributed by atoms with Crippen molar-refractivity contribution in [2.45, 2.75) is 0 Å². The molecular formula is C23H20N6O. The van der Waals surface area contributed by atoms with E-state index in [0.29, 0.717) is 11.5 Å². The van der Waals surface area contributed by atoms with Crippen LogP contribution in [-0.2, 0) is 4.74 Å². The topological polar surface area (TPSA) is 93.0 Å². The number of nitriles is 1. The van der Waals surface area contributed by atoms with Crippen LogP contribution in [0.5, 0.6) is 0 Å². The lowest BCUT2D eigenvalue weighted by molar-refractivity contribution is 0.122. The predicted molar refractivity (Wildman–Crippen MR) is 116 cm³/mol. The molecule has 1 fully saturated rings. The molecule has 1 saturated heterocycles. The summed E-state index contributed by atoms with van der Waals surface area (Å²) < 4.78 is 7.39. The molecule has 0 unspecified atom stereocenters. The lowest BCUT2D eigenvalue weighted by Crippen LogP contribution is -2.36. The molecule has 2 aromatic heterocycles. The molecule has 2 N–H and O–H groups in total. The highest BCUT2D eigenvalue weighted by Crippen LogP contribution is 2.29. The Morgan fingerprint density at radius 1 is 0.933 bits per heavy atom. The number of imidazole rings is 1. The Hall–Kier alpha value is -3.89. The van der Waals surface area contributed by atoms with Crippen LogP contribution < -0.4 is 10.6 Å². The summed E-state index contributed by atoms with van der Waals surface area (Å²) in [5.74, 6) is 0.435. The molecule has 7 heteroatoms. The second kappa shape index (κ2) is 7.50. The van der Waals surface area contributed by atoms with Gasteiger partial charge in [-0.05, 0) is 48.0 Å². The van der Waals surface area contributed by atoms with Gasteiger partial charge >= 0.3 is 0 Å². The predicted octanol–water partition coefficient (Wildman–Crippen LogP) is 3.38. The summed E-state index contributed by atoms with van der Waals surface area (Å²) in [6.45, 7) is 3.31. The number of aromatic nitrogens is 3.